The van der Waals surface area contributed by atoms with E-state index in [1.807, 2.05) is 0 Å². The molecule has 0 saturated carbocycles. The molecule has 0 bridgehead atoms. The summed E-state index contributed by atoms with van der Waals surface area (Å²) in [5.41, 5.74) is 0.0667. The van der Waals surface area contributed by atoms with Crippen molar-refractivity contribution < 1.29 is 27.5 Å². The van der Waals surface area contributed by atoms with Crippen LogP contribution in [0.3, 0.4) is 0 Å². The highest BCUT2D eigenvalue weighted by Gasteiger charge is 2.38. The van der Waals surface area contributed by atoms with Crippen LogP contribution in [0.15, 0.2) is 18.2 Å². The minimum atomic E-state index is -3.47. The smallest absolute Gasteiger partial charge is 0.412 e. The highest BCUT2D eigenvalue weighted by atomic mass is 32.2. The molecule has 1 heterocycles. The minimum Gasteiger partial charge on any atom is -0.495 e. The average molecular weight is 442 g/mol. The van der Waals surface area contributed by atoms with Crippen LogP contribution in [0.1, 0.15) is 47.0 Å². The normalized spacial score (nSPS) is 17.4. The van der Waals surface area contributed by atoms with Gasteiger partial charge >= 0.3 is 6.09 Å². The summed E-state index contributed by atoms with van der Waals surface area (Å²) in [6, 6.07) is 4.02. The third-order valence-corrected chi connectivity index (χ3v) is 6.50. The summed E-state index contributed by atoms with van der Waals surface area (Å²) in [6.45, 7) is 7.38. The number of rotatable bonds is 7. The van der Waals surface area contributed by atoms with Crippen LogP contribution in [-0.4, -0.2) is 55.8 Å². The van der Waals surface area contributed by atoms with Crippen LogP contribution in [0, 0.1) is 0 Å². The summed E-state index contributed by atoms with van der Waals surface area (Å²) in [5.74, 6) is 0.0101. The third kappa shape index (κ3) is 6.33. The first-order valence-electron chi connectivity index (χ1n) is 9.95. The quantitative estimate of drug-likeness (QED) is 0.672. The van der Waals surface area contributed by atoms with E-state index in [2.05, 4.69) is 10.6 Å². The third-order valence-electron chi connectivity index (χ3n) is 4.43. The standard InChI is InChI=1S/C20H31N3O6S/c1-6-12-30(26,27)23-11-7-8-16(23)18(24)21-14-9-10-17(28-5)15(13-14)22-19(25)29-20(2,3)4/h9-10,13,16H,6-8,11-12H2,1-5H3,(H,21,24)(H,22,25). The van der Waals surface area contributed by atoms with Crippen LogP contribution in [0.4, 0.5) is 16.2 Å². The van der Waals surface area contributed by atoms with E-state index in [0.29, 0.717) is 42.9 Å². The Balaban J connectivity index is 2.16. The number of amides is 2. The molecule has 1 aromatic rings. The van der Waals surface area contributed by atoms with Gasteiger partial charge in [0.2, 0.25) is 15.9 Å². The van der Waals surface area contributed by atoms with Crippen LogP contribution in [0.2, 0.25) is 0 Å². The monoisotopic (exact) mass is 441 g/mol. The largest absolute Gasteiger partial charge is 0.495 e. The lowest BCUT2D eigenvalue weighted by Crippen LogP contribution is -2.44. The van der Waals surface area contributed by atoms with E-state index in [9.17, 15) is 18.0 Å². The number of carbonyl (C=O) groups excluding carboxylic acids is 2. The molecule has 1 aromatic carbocycles. The number of ether oxygens (including phenoxy) is 2. The zero-order valence-electron chi connectivity index (χ0n) is 18.1. The molecule has 0 aromatic heterocycles. The van der Waals surface area contributed by atoms with Crippen molar-refractivity contribution in [2.45, 2.75) is 58.6 Å². The Morgan fingerprint density at radius 1 is 1.23 bits per heavy atom. The molecule has 1 atom stereocenters. The molecule has 0 spiro atoms. The highest BCUT2D eigenvalue weighted by Crippen LogP contribution is 2.29. The summed E-state index contributed by atoms with van der Waals surface area (Å²) >= 11 is 0. The second-order valence-electron chi connectivity index (χ2n) is 8.12. The molecule has 1 fully saturated rings. The summed E-state index contributed by atoms with van der Waals surface area (Å²) in [7, 11) is -2.01. The molecule has 0 radical (unpaired) electrons. The lowest BCUT2D eigenvalue weighted by atomic mass is 10.2. The topological polar surface area (TPSA) is 114 Å². The van der Waals surface area contributed by atoms with Gasteiger partial charge in [0.1, 0.15) is 17.4 Å². The SMILES string of the molecule is CCCS(=O)(=O)N1CCCC1C(=O)Nc1ccc(OC)c(NC(=O)OC(C)(C)C)c1. The van der Waals surface area contributed by atoms with Gasteiger partial charge in [0, 0.05) is 12.2 Å². The van der Waals surface area contributed by atoms with E-state index < -0.39 is 33.7 Å². The fourth-order valence-electron chi connectivity index (χ4n) is 3.23. The molecule has 30 heavy (non-hydrogen) atoms. The Bertz CT molecular complexity index is 879. The number of sulfonamides is 1. The van der Waals surface area contributed by atoms with Crippen LogP contribution in [-0.2, 0) is 19.6 Å². The molecule has 0 aliphatic carbocycles. The first-order valence-corrected chi connectivity index (χ1v) is 11.6. The van der Waals surface area contributed by atoms with Crippen LogP contribution < -0.4 is 15.4 Å². The number of hydrogen-bond acceptors (Lipinski definition) is 6. The molecule has 2 rings (SSSR count). The lowest BCUT2D eigenvalue weighted by molar-refractivity contribution is -0.119. The maximum absolute atomic E-state index is 12.8. The Labute approximate surface area is 178 Å². The molecule has 2 N–H and O–H groups in total. The zero-order chi connectivity index (χ0) is 22.5. The number of nitrogens with zero attached hydrogens (tertiary/aromatic N) is 1. The van der Waals surface area contributed by atoms with E-state index in [1.165, 1.54) is 11.4 Å². The number of hydrogen-bond donors (Lipinski definition) is 2. The van der Waals surface area contributed by atoms with Crippen molar-refractivity contribution in [3.05, 3.63) is 18.2 Å². The maximum atomic E-state index is 12.8. The average Bonchev–Trinajstić information content (AvgIpc) is 3.11. The molecular formula is C20H31N3O6S. The van der Waals surface area contributed by atoms with E-state index >= 15 is 0 Å². The first kappa shape index (κ1) is 23.9. The van der Waals surface area contributed by atoms with Gasteiger partial charge in [0.15, 0.2) is 0 Å². The van der Waals surface area contributed by atoms with Crippen molar-refractivity contribution in [3.8, 4) is 5.75 Å². The van der Waals surface area contributed by atoms with Gasteiger partial charge in [-0.15, -0.1) is 0 Å². The second-order valence-corrected chi connectivity index (χ2v) is 10.2. The van der Waals surface area contributed by atoms with Crippen LogP contribution >= 0.6 is 0 Å². The van der Waals surface area contributed by atoms with E-state index in [0.717, 1.165) is 0 Å². The van der Waals surface area contributed by atoms with Crippen molar-refractivity contribution in [2.75, 3.05) is 30.0 Å². The molecular weight excluding hydrogens is 410 g/mol. The van der Waals surface area contributed by atoms with Crippen molar-refractivity contribution in [1.82, 2.24) is 4.31 Å². The van der Waals surface area contributed by atoms with Gasteiger partial charge in [0.25, 0.3) is 0 Å². The molecule has 168 valence electrons. The van der Waals surface area contributed by atoms with Gasteiger partial charge in [0.05, 0.1) is 18.6 Å². The van der Waals surface area contributed by atoms with Crippen molar-refractivity contribution in [2.24, 2.45) is 0 Å². The van der Waals surface area contributed by atoms with E-state index in [4.69, 9.17) is 9.47 Å². The number of benzene rings is 1. The Morgan fingerprint density at radius 2 is 1.93 bits per heavy atom. The van der Waals surface area contributed by atoms with Crippen molar-refractivity contribution in [3.63, 3.8) is 0 Å². The van der Waals surface area contributed by atoms with Gasteiger partial charge in [-0.3, -0.25) is 10.1 Å². The number of methoxy groups -OCH3 is 1. The molecule has 2 amide bonds. The van der Waals surface area contributed by atoms with Crippen molar-refractivity contribution in [1.29, 1.82) is 0 Å². The number of anilines is 2. The minimum absolute atomic E-state index is 0.0171. The molecule has 1 aliphatic heterocycles. The van der Waals surface area contributed by atoms with Gasteiger partial charge in [-0.05, 0) is 58.2 Å². The molecule has 10 heteroatoms. The second kappa shape index (κ2) is 9.65. The van der Waals surface area contributed by atoms with Gasteiger partial charge in [-0.2, -0.15) is 4.31 Å². The van der Waals surface area contributed by atoms with Gasteiger partial charge < -0.3 is 14.8 Å². The van der Waals surface area contributed by atoms with Gasteiger partial charge in [-0.1, -0.05) is 6.92 Å². The van der Waals surface area contributed by atoms with Gasteiger partial charge in [-0.25, -0.2) is 13.2 Å². The lowest BCUT2D eigenvalue weighted by Gasteiger charge is -2.23. The Hall–Kier alpha value is -2.33. The summed E-state index contributed by atoms with van der Waals surface area (Å²) < 4.78 is 36.7. The van der Waals surface area contributed by atoms with Crippen molar-refractivity contribution >= 4 is 33.4 Å². The fourth-order valence-corrected chi connectivity index (χ4v) is 4.98. The van der Waals surface area contributed by atoms with Crippen LogP contribution in [0.25, 0.3) is 0 Å². The van der Waals surface area contributed by atoms with Crippen LogP contribution in [0.5, 0.6) is 5.75 Å². The fraction of sp³-hybridized carbons (Fsp3) is 0.600. The molecule has 9 nitrogen and oxygen atoms in total. The summed E-state index contributed by atoms with van der Waals surface area (Å²) in [4.78, 5) is 24.9. The van der Waals surface area contributed by atoms with E-state index in [1.54, 1.807) is 45.9 Å². The van der Waals surface area contributed by atoms with E-state index in [-0.39, 0.29) is 5.75 Å². The predicted octanol–water partition coefficient (Wildman–Crippen LogP) is 3.18. The molecule has 1 aliphatic rings. The zero-order valence-corrected chi connectivity index (χ0v) is 19.0. The molecule has 1 unspecified atom stereocenters. The number of nitrogens with one attached hydrogen (secondary N) is 2. The summed E-state index contributed by atoms with van der Waals surface area (Å²) in [5, 5.41) is 5.36. The first-order chi connectivity index (χ1) is 14.0. The predicted molar refractivity (Wildman–Crippen MR) is 115 cm³/mol. The molecule has 1 saturated heterocycles. The maximum Gasteiger partial charge on any atom is 0.412 e. The highest BCUT2D eigenvalue weighted by molar-refractivity contribution is 7.89. The summed E-state index contributed by atoms with van der Waals surface area (Å²) in [6.07, 6.45) is 0.936. The number of carbonyl (C=O) groups is 2. The Morgan fingerprint density at radius 3 is 2.53 bits per heavy atom. The Kier molecular flexibility index (Phi) is 7.70.